The normalized spacial score (nSPS) is 21.5. The molecule has 2 saturated carbocycles. The summed E-state index contributed by atoms with van der Waals surface area (Å²) in [5, 5.41) is 4.50. The molecule has 0 heterocycles. The summed E-state index contributed by atoms with van der Waals surface area (Å²) in [6.07, 6.45) is 5.80. The summed E-state index contributed by atoms with van der Waals surface area (Å²) in [6, 6.07) is 6.32. The maximum atomic E-state index is 6.23. The first-order valence-corrected chi connectivity index (χ1v) is 7.03. The van der Waals surface area contributed by atoms with Gasteiger partial charge >= 0.3 is 0 Å². The number of rotatable bonds is 5. The molecule has 2 aliphatic carbocycles. The van der Waals surface area contributed by atoms with Crippen LogP contribution in [0.2, 0.25) is 5.02 Å². The van der Waals surface area contributed by atoms with Crippen LogP contribution in [0.1, 0.15) is 36.8 Å². The van der Waals surface area contributed by atoms with Crippen molar-refractivity contribution in [3.63, 3.8) is 0 Å². The van der Waals surface area contributed by atoms with E-state index in [0.717, 1.165) is 17.5 Å². The summed E-state index contributed by atoms with van der Waals surface area (Å²) in [4.78, 5) is 0. The zero-order chi connectivity index (χ0) is 11.9. The average molecular weight is 250 g/mol. The molecule has 1 nitrogen and oxygen atoms in total. The molecule has 0 atom stereocenters. The Morgan fingerprint density at radius 3 is 2.71 bits per heavy atom. The third-order valence-electron chi connectivity index (χ3n) is 4.34. The smallest absolute Gasteiger partial charge is 0.0453 e. The summed E-state index contributed by atoms with van der Waals surface area (Å²) in [6.45, 7) is 4.17. The van der Waals surface area contributed by atoms with Gasteiger partial charge in [-0.3, -0.25) is 0 Å². The fourth-order valence-electron chi connectivity index (χ4n) is 2.83. The second kappa shape index (κ2) is 4.29. The largest absolute Gasteiger partial charge is 0.312 e. The molecule has 17 heavy (non-hydrogen) atoms. The van der Waals surface area contributed by atoms with Crippen LogP contribution < -0.4 is 5.32 Å². The molecule has 0 spiro atoms. The van der Waals surface area contributed by atoms with Crippen molar-refractivity contribution in [2.24, 2.45) is 11.3 Å². The van der Waals surface area contributed by atoms with Gasteiger partial charge in [0.05, 0.1) is 0 Å². The molecule has 2 heteroatoms. The van der Waals surface area contributed by atoms with Gasteiger partial charge in [0.1, 0.15) is 0 Å². The highest BCUT2D eigenvalue weighted by molar-refractivity contribution is 6.31. The minimum atomic E-state index is 0.678. The fraction of sp³-hybridized carbons (Fsp3) is 0.600. The molecule has 0 aliphatic heterocycles. The van der Waals surface area contributed by atoms with Crippen LogP contribution in [0.4, 0.5) is 0 Å². The van der Waals surface area contributed by atoms with E-state index in [1.54, 1.807) is 0 Å². The fourth-order valence-corrected chi connectivity index (χ4v) is 3.13. The first kappa shape index (κ1) is 11.6. The second-order valence-corrected chi connectivity index (χ2v) is 6.24. The van der Waals surface area contributed by atoms with E-state index in [0.29, 0.717) is 5.41 Å². The molecule has 3 rings (SSSR count). The van der Waals surface area contributed by atoms with Gasteiger partial charge < -0.3 is 5.32 Å². The molecular formula is C15H20ClN. The Morgan fingerprint density at radius 2 is 2.12 bits per heavy atom. The van der Waals surface area contributed by atoms with Crippen LogP contribution in [-0.4, -0.2) is 6.54 Å². The Hall–Kier alpha value is -0.530. The van der Waals surface area contributed by atoms with Gasteiger partial charge in [-0.05, 0) is 61.1 Å². The van der Waals surface area contributed by atoms with Crippen LogP contribution in [0.25, 0.3) is 0 Å². The van der Waals surface area contributed by atoms with Crippen molar-refractivity contribution >= 4 is 11.6 Å². The Morgan fingerprint density at radius 1 is 1.35 bits per heavy atom. The molecule has 2 fully saturated rings. The van der Waals surface area contributed by atoms with E-state index < -0.39 is 0 Å². The highest BCUT2D eigenvalue weighted by atomic mass is 35.5. The molecule has 1 N–H and O–H groups in total. The minimum Gasteiger partial charge on any atom is -0.312 e. The van der Waals surface area contributed by atoms with Gasteiger partial charge in [-0.1, -0.05) is 23.7 Å². The van der Waals surface area contributed by atoms with E-state index in [-0.39, 0.29) is 0 Å². The molecule has 0 aromatic heterocycles. The van der Waals surface area contributed by atoms with Crippen LogP contribution in [0, 0.1) is 18.3 Å². The zero-order valence-corrected chi connectivity index (χ0v) is 11.2. The number of halogens is 1. The third-order valence-corrected chi connectivity index (χ3v) is 4.69. The number of hydrogen-bond acceptors (Lipinski definition) is 1. The van der Waals surface area contributed by atoms with E-state index in [1.807, 2.05) is 6.07 Å². The maximum absolute atomic E-state index is 6.23. The van der Waals surface area contributed by atoms with E-state index in [2.05, 4.69) is 24.4 Å². The predicted octanol–water partition coefficient (Wildman–Crippen LogP) is 3.93. The summed E-state index contributed by atoms with van der Waals surface area (Å²) >= 11 is 6.23. The predicted molar refractivity (Wildman–Crippen MR) is 72.3 cm³/mol. The molecule has 0 bridgehead atoms. The molecule has 2 aliphatic rings. The van der Waals surface area contributed by atoms with Crippen molar-refractivity contribution < 1.29 is 0 Å². The monoisotopic (exact) mass is 249 g/mol. The lowest BCUT2D eigenvalue weighted by atomic mass is 10.0. The van der Waals surface area contributed by atoms with Crippen LogP contribution in [0.5, 0.6) is 0 Å². The second-order valence-electron chi connectivity index (χ2n) is 5.84. The van der Waals surface area contributed by atoms with Crippen molar-refractivity contribution in [3.05, 3.63) is 34.3 Å². The van der Waals surface area contributed by atoms with Crippen LogP contribution in [0.3, 0.4) is 0 Å². The van der Waals surface area contributed by atoms with Gasteiger partial charge in [-0.15, -0.1) is 0 Å². The maximum Gasteiger partial charge on any atom is 0.0453 e. The standard InChI is InChI=1S/C15H20ClN/c1-11-2-3-12(14(16)8-11)9-17-10-15(6-7-15)13-4-5-13/h2-3,8,13,17H,4-7,9-10H2,1H3. The lowest BCUT2D eigenvalue weighted by Crippen LogP contribution is -2.25. The van der Waals surface area contributed by atoms with Gasteiger partial charge in [-0.25, -0.2) is 0 Å². The van der Waals surface area contributed by atoms with Gasteiger partial charge in [-0.2, -0.15) is 0 Å². The third kappa shape index (κ3) is 2.51. The Bertz CT molecular complexity index is 419. The van der Waals surface area contributed by atoms with Crippen molar-refractivity contribution in [2.45, 2.75) is 39.2 Å². The Kier molecular flexibility index (Phi) is 2.92. The van der Waals surface area contributed by atoms with E-state index in [9.17, 15) is 0 Å². The summed E-state index contributed by atoms with van der Waals surface area (Å²) < 4.78 is 0. The number of aryl methyl sites for hydroxylation is 1. The molecule has 92 valence electrons. The van der Waals surface area contributed by atoms with E-state index >= 15 is 0 Å². The van der Waals surface area contributed by atoms with Crippen molar-refractivity contribution in [3.8, 4) is 0 Å². The van der Waals surface area contributed by atoms with E-state index in [4.69, 9.17) is 11.6 Å². The van der Waals surface area contributed by atoms with Gasteiger partial charge in [0.25, 0.3) is 0 Å². The molecular weight excluding hydrogens is 230 g/mol. The van der Waals surface area contributed by atoms with Gasteiger partial charge in [0, 0.05) is 18.1 Å². The lowest BCUT2D eigenvalue weighted by molar-refractivity contribution is 0.403. The molecule has 0 unspecified atom stereocenters. The van der Waals surface area contributed by atoms with Crippen LogP contribution >= 0.6 is 11.6 Å². The average Bonchev–Trinajstić information content (AvgIpc) is 3.14. The van der Waals surface area contributed by atoms with Crippen LogP contribution in [0.15, 0.2) is 18.2 Å². The van der Waals surface area contributed by atoms with Crippen molar-refractivity contribution in [1.82, 2.24) is 5.32 Å². The Balaban J connectivity index is 1.53. The van der Waals surface area contributed by atoms with Gasteiger partial charge in [0.2, 0.25) is 0 Å². The van der Waals surface area contributed by atoms with Crippen molar-refractivity contribution in [2.75, 3.05) is 6.54 Å². The molecule has 0 amide bonds. The molecule has 1 aromatic rings. The lowest BCUT2D eigenvalue weighted by Gasteiger charge is -2.15. The molecule has 1 aromatic carbocycles. The van der Waals surface area contributed by atoms with E-state index in [1.165, 1.54) is 43.4 Å². The van der Waals surface area contributed by atoms with Crippen LogP contribution in [-0.2, 0) is 6.54 Å². The summed E-state index contributed by atoms with van der Waals surface area (Å²) in [7, 11) is 0. The quantitative estimate of drug-likeness (QED) is 0.834. The molecule has 0 saturated heterocycles. The Labute approximate surface area is 109 Å². The summed E-state index contributed by atoms with van der Waals surface area (Å²) in [5.41, 5.74) is 3.14. The highest BCUT2D eigenvalue weighted by Crippen LogP contribution is 2.60. The first-order chi connectivity index (χ1) is 8.20. The number of benzene rings is 1. The molecule has 0 radical (unpaired) electrons. The minimum absolute atomic E-state index is 0.678. The van der Waals surface area contributed by atoms with Crippen molar-refractivity contribution in [1.29, 1.82) is 0 Å². The number of nitrogens with one attached hydrogen (secondary N) is 1. The van der Waals surface area contributed by atoms with Gasteiger partial charge in [0.15, 0.2) is 0 Å². The SMILES string of the molecule is Cc1ccc(CNCC2(C3CC3)CC2)c(Cl)c1. The number of hydrogen-bond donors (Lipinski definition) is 1. The first-order valence-electron chi connectivity index (χ1n) is 6.65. The summed E-state index contributed by atoms with van der Waals surface area (Å²) in [5.74, 6) is 1.03. The zero-order valence-electron chi connectivity index (χ0n) is 10.4. The highest BCUT2D eigenvalue weighted by Gasteiger charge is 2.53. The topological polar surface area (TPSA) is 12.0 Å².